The molecular weight excluding hydrogens is 510 g/mol. The molecule has 7 rings (SSSR count). The lowest BCUT2D eigenvalue weighted by atomic mass is 9.60. The second-order valence-electron chi connectivity index (χ2n) is 10.2. The van der Waals surface area contributed by atoms with Crippen LogP contribution in [0.5, 0.6) is 0 Å². The Balaban J connectivity index is 1.57. The third-order valence-corrected chi connectivity index (χ3v) is 8.39. The van der Waals surface area contributed by atoms with Gasteiger partial charge in [0.25, 0.3) is 0 Å². The smallest absolute Gasteiger partial charge is 0.204 e. The summed E-state index contributed by atoms with van der Waals surface area (Å²) >= 11 is 0. The lowest BCUT2D eigenvalue weighted by molar-refractivity contribution is -0.0210. The Kier molecular flexibility index (Phi) is 5.08. The van der Waals surface area contributed by atoms with Crippen molar-refractivity contribution in [2.24, 2.45) is 5.41 Å². The van der Waals surface area contributed by atoms with E-state index in [-0.39, 0.29) is 38.7 Å². The van der Waals surface area contributed by atoms with E-state index in [1.165, 1.54) is 36.4 Å². The number of carbonyl (C=O) groups is 4. The highest BCUT2D eigenvalue weighted by Gasteiger charge is 2.79. The Morgan fingerprint density at radius 3 is 1.52 bits per heavy atom. The number of ketones is 4. The fourth-order valence-corrected chi connectivity index (χ4v) is 6.75. The molecule has 0 saturated carbocycles. The number of fused-ring (bicyclic) bond motifs is 2. The number of carbonyl (C=O) groups excluding carboxylic acids is 4. The van der Waals surface area contributed by atoms with Gasteiger partial charge < -0.3 is 15.2 Å². The first-order valence-corrected chi connectivity index (χ1v) is 12.7. The van der Waals surface area contributed by atoms with Gasteiger partial charge in [0.15, 0.2) is 11.6 Å². The minimum absolute atomic E-state index is 0.106. The molecule has 8 nitrogen and oxygen atoms in total. The Labute approximate surface area is 228 Å². The summed E-state index contributed by atoms with van der Waals surface area (Å²) in [6, 6.07) is 26.9. The highest BCUT2D eigenvalue weighted by atomic mass is 16.8. The number of Topliss-reactive ketones (excluding diaryl/α,β-unsaturated/α-hetero) is 4. The monoisotopic (exact) mass is 530 g/mol. The Morgan fingerprint density at radius 1 is 0.600 bits per heavy atom. The van der Waals surface area contributed by atoms with E-state index in [9.17, 15) is 29.6 Å². The number of rotatable bonds is 3. The van der Waals surface area contributed by atoms with Crippen LogP contribution in [0.2, 0.25) is 0 Å². The molecule has 2 aliphatic carbocycles. The standard InChI is InChI=1S/C32H20NO7/c34-26-21-10-4-5-11-22(21)27(35)31(26)25(18-14-16-20(17-15-18)33(38)39)32(40-30(31)19-8-2-1-3-9-19)28(36)23-12-6-7-13-24(23)29(32)37/h1-17,25,30,38H/q-1/t25-,30+/m0/s1. The highest BCUT2D eigenvalue weighted by molar-refractivity contribution is 6.37. The first kappa shape index (κ1) is 24.3. The average molecular weight is 531 g/mol. The largest absolute Gasteiger partial charge is 0.733 e. The van der Waals surface area contributed by atoms with E-state index >= 15 is 0 Å². The molecule has 0 bridgehead atoms. The van der Waals surface area contributed by atoms with Crippen LogP contribution in [0.1, 0.15) is 64.6 Å². The Morgan fingerprint density at radius 2 is 1.05 bits per heavy atom. The van der Waals surface area contributed by atoms with Gasteiger partial charge in [0.1, 0.15) is 11.5 Å². The maximum absolute atomic E-state index is 14.6. The van der Waals surface area contributed by atoms with Crippen LogP contribution in [0.15, 0.2) is 103 Å². The van der Waals surface area contributed by atoms with Gasteiger partial charge in [0.05, 0.1) is 11.6 Å². The molecule has 4 aromatic carbocycles. The molecule has 4 aromatic rings. The van der Waals surface area contributed by atoms with E-state index in [0.717, 1.165) is 0 Å². The molecule has 40 heavy (non-hydrogen) atoms. The van der Waals surface area contributed by atoms with Gasteiger partial charge in [-0.2, -0.15) is 0 Å². The number of ether oxygens (including phenoxy) is 1. The highest BCUT2D eigenvalue weighted by Crippen LogP contribution is 2.67. The molecule has 1 fully saturated rings. The predicted molar refractivity (Wildman–Crippen MR) is 142 cm³/mol. The predicted octanol–water partition coefficient (Wildman–Crippen LogP) is 5.12. The molecule has 1 aliphatic heterocycles. The molecule has 2 atom stereocenters. The lowest BCUT2D eigenvalue weighted by Gasteiger charge is -2.35. The zero-order valence-electron chi connectivity index (χ0n) is 20.8. The molecule has 3 aliphatic rings. The number of benzene rings is 4. The Hall–Kier alpha value is -4.76. The van der Waals surface area contributed by atoms with Crippen LogP contribution in [-0.2, 0) is 4.74 Å². The minimum Gasteiger partial charge on any atom is -0.733 e. The van der Waals surface area contributed by atoms with Crippen LogP contribution in [0.3, 0.4) is 0 Å². The lowest BCUT2D eigenvalue weighted by Crippen LogP contribution is -2.51. The van der Waals surface area contributed by atoms with Gasteiger partial charge in [-0.1, -0.05) is 91.0 Å². The van der Waals surface area contributed by atoms with Gasteiger partial charge in [-0.25, -0.2) is 0 Å². The van der Waals surface area contributed by atoms with Crippen molar-refractivity contribution in [2.75, 3.05) is 5.23 Å². The summed E-state index contributed by atoms with van der Waals surface area (Å²) in [5.41, 5.74) is -2.93. The molecule has 1 saturated heterocycles. The molecule has 1 N–H and O–H groups in total. The molecule has 2 spiro atoms. The number of hydrogen-bond donors (Lipinski definition) is 1. The van der Waals surface area contributed by atoms with E-state index in [1.54, 1.807) is 66.7 Å². The molecule has 196 valence electrons. The first-order valence-electron chi connectivity index (χ1n) is 12.7. The normalized spacial score (nSPS) is 21.8. The number of anilines is 1. The van der Waals surface area contributed by atoms with Crippen molar-refractivity contribution in [3.63, 3.8) is 0 Å². The van der Waals surface area contributed by atoms with Crippen molar-refractivity contribution in [2.45, 2.75) is 17.6 Å². The molecule has 0 aromatic heterocycles. The van der Waals surface area contributed by atoms with Crippen LogP contribution >= 0.6 is 0 Å². The summed E-state index contributed by atoms with van der Waals surface area (Å²) in [7, 11) is 0. The maximum atomic E-state index is 14.6. The molecular formula is C32H20NO7-. The third kappa shape index (κ3) is 2.84. The molecule has 8 heteroatoms. The maximum Gasteiger partial charge on any atom is 0.204 e. The molecule has 0 unspecified atom stereocenters. The van der Waals surface area contributed by atoms with Gasteiger partial charge in [-0.05, 0) is 23.3 Å². The quantitative estimate of drug-likeness (QED) is 0.286. The first-order chi connectivity index (χ1) is 19.3. The van der Waals surface area contributed by atoms with Crippen LogP contribution in [0.25, 0.3) is 0 Å². The van der Waals surface area contributed by atoms with Crippen molar-refractivity contribution in [1.29, 1.82) is 0 Å². The van der Waals surface area contributed by atoms with Crippen molar-refractivity contribution >= 4 is 28.8 Å². The zero-order chi connectivity index (χ0) is 27.8. The van der Waals surface area contributed by atoms with E-state index in [2.05, 4.69) is 0 Å². The molecule has 0 radical (unpaired) electrons. The third-order valence-electron chi connectivity index (χ3n) is 8.39. The fourth-order valence-electron chi connectivity index (χ4n) is 6.75. The SMILES string of the molecule is O=C1c2ccccc2C(=O)C12O[C@H](c1ccccc1)C1(C(=O)c3ccccc3C1=O)[C@@H]2c1ccc(N([O-])O)cc1. The summed E-state index contributed by atoms with van der Waals surface area (Å²) in [4.78, 5) is 57.8. The zero-order valence-corrected chi connectivity index (χ0v) is 20.8. The summed E-state index contributed by atoms with van der Waals surface area (Å²) in [5, 5.41) is 20.7. The second kappa shape index (κ2) is 8.37. The summed E-state index contributed by atoms with van der Waals surface area (Å²) in [5.74, 6) is -3.74. The van der Waals surface area contributed by atoms with Gasteiger partial charge in [0, 0.05) is 22.3 Å². The van der Waals surface area contributed by atoms with Crippen LogP contribution < -0.4 is 5.23 Å². The van der Waals surface area contributed by atoms with E-state index in [1.807, 2.05) is 0 Å². The number of hydrogen-bond acceptors (Lipinski definition) is 8. The minimum atomic E-state index is -2.23. The van der Waals surface area contributed by atoms with E-state index in [4.69, 9.17) is 4.74 Å². The van der Waals surface area contributed by atoms with Crippen LogP contribution in [0.4, 0.5) is 5.69 Å². The van der Waals surface area contributed by atoms with E-state index < -0.39 is 46.2 Å². The van der Waals surface area contributed by atoms with Crippen LogP contribution in [-0.4, -0.2) is 33.9 Å². The van der Waals surface area contributed by atoms with Crippen molar-refractivity contribution in [1.82, 2.24) is 0 Å². The van der Waals surface area contributed by atoms with Gasteiger partial charge in [-0.3, -0.25) is 24.4 Å². The van der Waals surface area contributed by atoms with Crippen molar-refractivity contribution in [3.05, 3.63) is 142 Å². The number of nitrogens with zero attached hydrogens (tertiary/aromatic N) is 1. The van der Waals surface area contributed by atoms with Gasteiger partial charge in [0.2, 0.25) is 17.2 Å². The topological polar surface area (TPSA) is 124 Å². The Bertz CT molecular complexity index is 1670. The van der Waals surface area contributed by atoms with Crippen LogP contribution in [0, 0.1) is 10.6 Å². The summed E-state index contributed by atoms with van der Waals surface area (Å²) < 4.78 is 6.60. The summed E-state index contributed by atoms with van der Waals surface area (Å²) in [6.07, 6.45) is -1.28. The molecule has 0 amide bonds. The van der Waals surface area contributed by atoms with Crippen molar-refractivity contribution < 1.29 is 29.1 Å². The van der Waals surface area contributed by atoms with Gasteiger partial charge >= 0.3 is 0 Å². The van der Waals surface area contributed by atoms with Crippen molar-refractivity contribution in [3.8, 4) is 0 Å². The molecule has 1 heterocycles. The average Bonchev–Trinajstić information content (AvgIpc) is 3.52. The fraction of sp³-hybridized carbons (Fsp3) is 0.125. The van der Waals surface area contributed by atoms with E-state index in [0.29, 0.717) is 5.56 Å². The second-order valence-corrected chi connectivity index (χ2v) is 10.2. The van der Waals surface area contributed by atoms with Gasteiger partial charge in [-0.15, -0.1) is 0 Å². The summed E-state index contributed by atoms with van der Waals surface area (Å²) in [6.45, 7) is 0.